The van der Waals surface area contributed by atoms with Gasteiger partial charge in [0.05, 0.1) is 5.41 Å². The largest absolute Gasteiger partial charge is 0.481 e. The number of hydrogen-bond donors (Lipinski definition) is 1. The maximum absolute atomic E-state index is 11.5. The molecule has 17 heavy (non-hydrogen) atoms. The molecule has 0 heterocycles. The van der Waals surface area contributed by atoms with E-state index in [2.05, 4.69) is 13.0 Å². The van der Waals surface area contributed by atoms with Gasteiger partial charge in [-0.1, -0.05) is 31.4 Å². The monoisotopic (exact) mass is 238 g/mol. The highest BCUT2D eigenvalue weighted by atomic mass is 16.4. The Labute approximate surface area is 105 Å². The zero-order valence-electron chi connectivity index (χ0n) is 11.5. The highest BCUT2D eigenvalue weighted by Crippen LogP contribution is 2.43. The van der Waals surface area contributed by atoms with Crippen molar-refractivity contribution in [3.8, 4) is 0 Å². The summed E-state index contributed by atoms with van der Waals surface area (Å²) >= 11 is 0. The van der Waals surface area contributed by atoms with E-state index in [0.29, 0.717) is 6.42 Å². The van der Waals surface area contributed by atoms with Crippen LogP contribution >= 0.6 is 0 Å². The lowest BCUT2D eigenvalue weighted by Crippen LogP contribution is -2.35. The molecule has 0 amide bonds. The summed E-state index contributed by atoms with van der Waals surface area (Å²) < 4.78 is 0. The molecule has 0 radical (unpaired) electrons. The highest BCUT2D eigenvalue weighted by molar-refractivity contribution is 5.75. The first-order chi connectivity index (χ1) is 8.00. The molecule has 0 saturated heterocycles. The number of aliphatic carboxylic acids is 1. The molecule has 0 unspecified atom stereocenters. The van der Waals surface area contributed by atoms with Gasteiger partial charge in [0.25, 0.3) is 0 Å². The van der Waals surface area contributed by atoms with Crippen LogP contribution in [0, 0.1) is 11.3 Å². The van der Waals surface area contributed by atoms with Crippen molar-refractivity contribution < 1.29 is 9.90 Å². The van der Waals surface area contributed by atoms with Crippen LogP contribution in [0.15, 0.2) is 11.6 Å². The number of carbonyl (C=O) groups is 1. The Bertz CT molecular complexity index is 279. The van der Waals surface area contributed by atoms with E-state index in [4.69, 9.17) is 0 Å². The van der Waals surface area contributed by atoms with Crippen molar-refractivity contribution >= 4 is 5.97 Å². The fraction of sp³-hybridized carbons (Fsp3) is 0.800. The van der Waals surface area contributed by atoms with E-state index in [1.807, 2.05) is 13.8 Å². The topological polar surface area (TPSA) is 37.3 Å². The van der Waals surface area contributed by atoms with Crippen LogP contribution in [0.5, 0.6) is 0 Å². The average Bonchev–Trinajstić information content (AvgIpc) is 2.28. The molecule has 1 aliphatic carbocycles. The minimum absolute atomic E-state index is 0.471. The third-order valence-corrected chi connectivity index (χ3v) is 4.11. The Morgan fingerprint density at radius 1 is 1.35 bits per heavy atom. The molecule has 0 aliphatic heterocycles. The average molecular weight is 238 g/mol. The molecule has 1 aliphatic rings. The van der Waals surface area contributed by atoms with E-state index in [1.165, 1.54) is 18.4 Å². The molecule has 2 heteroatoms. The Hall–Kier alpha value is -0.790. The lowest BCUT2D eigenvalue weighted by atomic mass is 9.67. The Kier molecular flexibility index (Phi) is 5.23. The molecule has 0 atom stereocenters. The van der Waals surface area contributed by atoms with Gasteiger partial charge in [0.2, 0.25) is 0 Å². The predicted octanol–water partition coefficient (Wildman–Crippen LogP) is 4.40. The Morgan fingerprint density at radius 3 is 2.35 bits per heavy atom. The van der Waals surface area contributed by atoms with Gasteiger partial charge >= 0.3 is 5.97 Å². The summed E-state index contributed by atoms with van der Waals surface area (Å²) in [6.07, 6.45) is 9.19. The molecule has 0 bridgehead atoms. The molecule has 0 spiro atoms. The molecule has 1 N–H and O–H groups in total. The number of rotatable bonds is 5. The quantitative estimate of drug-likeness (QED) is 0.721. The van der Waals surface area contributed by atoms with Gasteiger partial charge in [0.1, 0.15) is 0 Å². The molecule has 2 nitrogen and oxygen atoms in total. The SMILES string of the molecule is CCCC1CCC(CC=C(C)C)(C(=O)O)CC1. The van der Waals surface area contributed by atoms with E-state index in [0.717, 1.165) is 31.6 Å². The standard InChI is InChI=1S/C15H26O2/c1-4-5-13-7-10-15(11-8-13,14(16)17)9-6-12(2)3/h6,13H,4-5,7-11H2,1-3H3,(H,16,17). The second kappa shape index (κ2) is 6.23. The fourth-order valence-corrected chi connectivity index (χ4v) is 2.83. The highest BCUT2D eigenvalue weighted by Gasteiger charge is 2.40. The van der Waals surface area contributed by atoms with Crippen LogP contribution in [-0.2, 0) is 4.79 Å². The second-order valence-electron chi connectivity index (χ2n) is 5.80. The molecule has 0 aromatic carbocycles. The summed E-state index contributed by atoms with van der Waals surface area (Å²) in [5.74, 6) is 0.170. The third kappa shape index (κ3) is 3.86. The first-order valence-corrected chi connectivity index (χ1v) is 6.87. The van der Waals surface area contributed by atoms with Gasteiger partial charge in [-0.05, 0) is 51.9 Å². The summed E-state index contributed by atoms with van der Waals surface area (Å²) in [4.78, 5) is 11.5. The van der Waals surface area contributed by atoms with Gasteiger partial charge in [0.15, 0.2) is 0 Å². The van der Waals surface area contributed by atoms with Gasteiger partial charge in [-0.3, -0.25) is 4.79 Å². The van der Waals surface area contributed by atoms with Gasteiger partial charge in [-0.25, -0.2) is 0 Å². The van der Waals surface area contributed by atoms with Crippen molar-refractivity contribution in [3.63, 3.8) is 0 Å². The van der Waals surface area contributed by atoms with Crippen LogP contribution in [0.25, 0.3) is 0 Å². The summed E-state index contributed by atoms with van der Waals surface area (Å²) in [5.41, 5.74) is 0.753. The summed E-state index contributed by atoms with van der Waals surface area (Å²) in [6.45, 7) is 6.29. The first-order valence-electron chi connectivity index (χ1n) is 6.87. The van der Waals surface area contributed by atoms with Crippen molar-refractivity contribution in [2.24, 2.45) is 11.3 Å². The molecular formula is C15H26O2. The summed E-state index contributed by atoms with van der Waals surface area (Å²) in [5, 5.41) is 9.49. The van der Waals surface area contributed by atoms with E-state index >= 15 is 0 Å². The van der Waals surface area contributed by atoms with Crippen molar-refractivity contribution in [2.45, 2.75) is 65.7 Å². The van der Waals surface area contributed by atoms with Crippen molar-refractivity contribution in [1.29, 1.82) is 0 Å². The second-order valence-corrected chi connectivity index (χ2v) is 5.80. The van der Waals surface area contributed by atoms with Crippen molar-refractivity contribution in [2.75, 3.05) is 0 Å². The molecule has 0 aromatic rings. The molecule has 1 fully saturated rings. The van der Waals surface area contributed by atoms with Crippen LogP contribution in [0.3, 0.4) is 0 Å². The van der Waals surface area contributed by atoms with Gasteiger partial charge in [-0.2, -0.15) is 0 Å². The fourth-order valence-electron chi connectivity index (χ4n) is 2.83. The van der Waals surface area contributed by atoms with Crippen LogP contribution in [0.1, 0.15) is 65.7 Å². The van der Waals surface area contributed by atoms with Gasteiger partial charge in [-0.15, -0.1) is 0 Å². The number of carboxylic acid groups (broad SMARTS) is 1. The van der Waals surface area contributed by atoms with Crippen LogP contribution < -0.4 is 0 Å². The summed E-state index contributed by atoms with van der Waals surface area (Å²) in [7, 11) is 0. The van der Waals surface area contributed by atoms with E-state index < -0.39 is 11.4 Å². The minimum Gasteiger partial charge on any atom is -0.481 e. The van der Waals surface area contributed by atoms with Crippen LogP contribution in [0.2, 0.25) is 0 Å². The molecule has 1 rings (SSSR count). The zero-order chi connectivity index (χ0) is 12.9. The normalized spacial score (nSPS) is 28.8. The van der Waals surface area contributed by atoms with Crippen molar-refractivity contribution in [3.05, 3.63) is 11.6 Å². The smallest absolute Gasteiger partial charge is 0.309 e. The minimum atomic E-state index is -0.593. The maximum atomic E-state index is 11.5. The van der Waals surface area contributed by atoms with Crippen molar-refractivity contribution in [1.82, 2.24) is 0 Å². The molecule has 1 saturated carbocycles. The maximum Gasteiger partial charge on any atom is 0.309 e. The first kappa shape index (κ1) is 14.3. The Balaban J connectivity index is 2.63. The molecule has 0 aromatic heterocycles. The number of allylic oxidation sites excluding steroid dienone is 2. The number of carboxylic acids is 1. The third-order valence-electron chi connectivity index (χ3n) is 4.11. The Morgan fingerprint density at radius 2 is 1.94 bits per heavy atom. The van der Waals surface area contributed by atoms with Crippen LogP contribution in [-0.4, -0.2) is 11.1 Å². The lowest BCUT2D eigenvalue weighted by Gasteiger charge is -2.36. The van der Waals surface area contributed by atoms with Gasteiger partial charge < -0.3 is 5.11 Å². The summed E-state index contributed by atoms with van der Waals surface area (Å²) in [6, 6.07) is 0. The molecular weight excluding hydrogens is 212 g/mol. The lowest BCUT2D eigenvalue weighted by molar-refractivity contribution is -0.151. The van der Waals surface area contributed by atoms with Gasteiger partial charge in [0, 0.05) is 0 Å². The van der Waals surface area contributed by atoms with E-state index in [1.54, 1.807) is 0 Å². The van der Waals surface area contributed by atoms with E-state index in [-0.39, 0.29) is 0 Å². The zero-order valence-corrected chi connectivity index (χ0v) is 11.5. The molecule has 98 valence electrons. The number of hydrogen-bond acceptors (Lipinski definition) is 1. The van der Waals surface area contributed by atoms with Crippen LogP contribution in [0.4, 0.5) is 0 Å². The van der Waals surface area contributed by atoms with E-state index in [9.17, 15) is 9.90 Å². The predicted molar refractivity (Wildman–Crippen MR) is 71.0 cm³/mol.